The molecular formula is C17H18N2O3S. The molecule has 2 N–H and O–H groups in total. The van der Waals surface area contributed by atoms with E-state index in [1.807, 2.05) is 19.1 Å². The van der Waals surface area contributed by atoms with Crippen molar-refractivity contribution < 1.29 is 13.2 Å². The summed E-state index contributed by atoms with van der Waals surface area (Å²) in [4.78, 5) is 11.3. The van der Waals surface area contributed by atoms with Gasteiger partial charge in [0.15, 0.2) is 0 Å². The van der Waals surface area contributed by atoms with Gasteiger partial charge in [0, 0.05) is 12.2 Å². The number of anilines is 1. The largest absolute Gasteiger partial charge is 0.348 e. The Balaban J connectivity index is 2.09. The summed E-state index contributed by atoms with van der Waals surface area (Å²) >= 11 is 0. The molecule has 0 aromatic heterocycles. The van der Waals surface area contributed by atoms with E-state index in [9.17, 15) is 13.2 Å². The molecule has 0 aliphatic rings. The van der Waals surface area contributed by atoms with Crippen molar-refractivity contribution in [1.29, 1.82) is 0 Å². The zero-order chi connectivity index (χ0) is 16.9. The van der Waals surface area contributed by atoms with E-state index in [0.29, 0.717) is 12.2 Å². The third-order valence-corrected chi connectivity index (χ3v) is 4.59. The van der Waals surface area contributed by atoms with Gasteiger partial charge in [-0.1, -0.05) is 36.4 Å². The number of hydrogen-bond acceptors (Lipinski definition) is 3. The minimum atomic E-state index is -3.63. The molecule has 2 aromatic rings. The number of carbonyl (C=O) groups excluding carboxylic acids is 1. The normalized spacial score (nSPS) is 10.8. The van der Waals surface area contributed by atoms with Gasteiger partial charge in [0.25, 0.3) is 10.0 Å². The molecule has 2 aromatic carbocycles. The fraction of sp³-hybridized carbons (Fsp3) is 0.118. The van der Waals surface area contributed by atoms with Crippen molar-refractivity contribution in [2.24, 2.45) is 0 Å². The third kappa shape index (κ3) is 4.69. The average molecular weight is 330 g/mol. The lowest BCUT2D eigenvalue weighted by molar-refractivity contribution is -0.116. The molecule has 2 rings (SSSR count). The molecule has 120 valence electrons. The summed E-state index contributed by atoms with van der Waals surface area (Å²) in [5.41, 5.74) is 2.37. The Morgan fingerprint density at radius 3 is 2.26 bits per heavy atom. The predicted molar refractivity (Wildman–Crippen MR) is 90.5 cm³/mol. The van der Waals surface area contributed by atoms with Gasteiger partial charge >= 0.3 is 0 Å². The quantitative estimate of drug-likeness (QED) is 0.800. The van der Waals surface area contributed by atoms with Crippen molar-refractivity contribution in [1.82, 2.24) is 5.32 Å². The Labute approximate surface area is 136 Å². The first-order valence-electron chi connectivity index (χ1n) is 6.99. The predicted octanol–water partition coefficient (Wildman–Crippen LogP) is 2.60. The zero-order valence-corrected chi connectivity index (χ0v) is 13.6. The molecule has 0 saturated heterocycles. The maximum absolute atomic E-state index is 12.3. The fourth-order valence-corrected chi connectivity index (χ4v) is 2.94. The second-order valence-electron chi connectivity index (χ2n) is 5.04. The van der Waals surface area contributed by atoms with Crippen LogP contribution in [-0.4, -0.2) is 14.3 Å². The molecule has 0 aliphatic heterocycles. The molecule has 5 nitrogen and oxygen atoms in total. The van der Waals surface area contributed by atoms with Crippen molar-refractivity contribution in [2.75, 3.05) is 4.72 Å². The Kier molecular flexibility index (Phi) is 5.18. The molecule has 0 saturated carbocycles. The van der Waals surface area contributed by atoms with Crippen LogP contribution in [0.5, 0.6) is 0 Å². The van der Waals surface area contributed by atoms with E-state index in [-0.39, 0.29) is 10.8 Å². The Morgan fingerprint density at radius 2 is 1.70 bits per heavy atom. The van der Waals surface area contributed by atoms with Crippen molar-refractivity contribution >= 4 is 21.6 Å². The van der Waals surface area contributed by atoms with Gasteiger partial charge in [0.05, 0.1) is 4.90 Å². The molecule has 6 heteroatoms. The van der Waals surface area contributed by atoms with Crippen molar-refractivity contribution in [2.45, 2.75) is 18.4 Å². The van der Waals surface area contributed by atoms with Crippen LogP contribution in [-0.2, 0) is 21.4 Å². The van der Waals surface area contributed by atoms with Crippen LogP contribution in [0, 0.1) is 6.92 Å². The number of hydrogen-bond donors (Lipinski definition) is 2. The summed E-state index contributed by atoms with van der Waals surface area (Å²) < 4.78 is 27.2. The molecule has 0 bridgehead atoms. The summed E-state index contributed by atoms with van der Waals surface area (Å²) in [6.45, 7) is 5.61. The van der Waals surface area contributed by atoms with Crippen molar-refractivity contribution in [3.63, 3.8) is 0 Å². The lowest BCUT2D eigenvalue weighted by Gasteiger charge is -2.09. The van der Waals surface area contributed by atoms with Gasteiger partial charge < -0.3 is 5.32 Å². The highest BCUT2D eigenvalue weighted by Crippen LogP contribution is 2.17. The van der Waals surface area contributed by atoms with Gasteiger partial charge in [-0.2, -0.15) is 0 Å². The Morgan fingerprint density at radius 1 is 1.09 bits per heavy atom. The van der Waals surface area contributed by atoms with Gasteiger partial charge in [0.2, 0.25) is 5.91 Å². The van der Waals surface area contributed by atoms with Crippen LogP contribution in [0.2, 0.25) is 0 Å². The molecule has 0 spiro atoms. The van der Waals surface area contributed by atoms with Gasteiger partial charge in [0.1, 0.15) is 0 Å². The van der Waals surface area contributed by atoms with E-state index in [1.54, 1.807) is 24.3 Å². The summed E-state index contributed by atoms with van der Waals surface area (Å²) in [5.74, 6) is -0.275. The average Bonchev–Trinajstić information content (AvgIpc) is 2.55. The molecular weight excluding hydrogens is 312 g/mol. The monoisotopic (exact) mass is 330 g/mol. The van der Waals surface area contributed by atoms with Crippen LogP contribution in [0.1, 0.15) is 11.1 Å². The van der Waals surface area contributed by atoms with E-state index in [1.165, 1.54) is 18.2 Å². The van der Waals surface area contributed by atoms with Gasteiger partial charge in [-0.05, 0) is 42.8 Å². The Hall–Kier alpha value is -2.60. The molecule has 0 fully saturated rings. The first-order chi connectivity index (χ1) is 10.9. The number of amides is 1. The van der Waals surface area contributed by atoms with E-state index < -0.39 is 10.0 Å². The number of benzene rings is 2. The van der Waals surface area contributed by atoms with Gasteiger partial charge in [-0.3, -0.25) is 9.52 Å². The Bertz CT molecular complexity index is 795. The fourth-order valence-electron chi connectivity index (χ4n) is 1.88. The van der Waals surface area contributed by atoms with Crippen LogP contribution in [0.25, 0.3) is 0 Å². The van der Waals surface area contributed by atoms with Gasteiger partial charge in [-0.25, -0.2) is 8.42 Å². The minimum absolute atomic E-state index is 0.164. The lowest BCUT2D eigenvalue weighted by atomic mass is 10.2. The number of aryl methyl sites for hydroxylation is 1. The maximum Gasteiger partial charge on any atom is 0.261 e. The molecule has 23 heavy (non-hydrogen) atoms. The summed E-state index contributed by atoms with van der Waals surface area (Å²) in [7, 11) is -3.63. The molecule has 0 unspecified atom stereocenters. The van der Waals surface area contributed by atoms with E-state index in [0.717, 1.165) is 11.1 Å². The van der Waals surface area contributed by atoms with Crippen LogP contribution in [0.15, 0.2) is 66.1 Å². The van der Waals surface area contributed by atoms with Crippen LogP contribution in [0.4, 0.5) is 5.69 Å². The second-order valence-corrected chi connectivity index (χ2v) is 6.72. The highest BCUT2D eigenvalue weighted by atomic mass is 32.2. The van der Waals surface area contributed by atoms with E-state index in [4.69, 9.17) is 0 Å². The first kappa shape index (κ1) is 16.8. The third-order valence-electron chi connectivity index (χ3n) is 3.19. The molecule has 0 aliphatic carbocycles. The van der Waals surface area contributed by atoms with Crippen molar-refractivity contribution in [3.8, 4) is 0 Å². The number of nitrogens with one attached hydrogen (secondary N) is 2. The molecule has 1 amide bonds. The summed E-state index contributed by atoms with van der Waals surface area (Å²) in [6.07, 6.45) is 1.18. The highest BCUT2D eigenvalue weighted by Gasteiger charge is 2.13. The topological polar surface area (TPSA) is 75.3 Å². The van der Waals surface area contributed by atoms with Gasteiger partial charge in [-0.15, -0.1) is 0 Å². The number of sulfonamides is 1. The molecule has 0 heterocycles. The number of rotatable bonds is 6. The maximum atomic E-state index is 12.3. The summed E-state index contributed by atoms with van der Waals surface area (Å²) in [5, 5.41) is 2.63. The van der Waals surface area contributed by atoms with E-state index in [2.05, 4.69) is 16.6 Å². The minimum Gasteiger partial charge on any atom is -0.348 e. The SMILES string of the molecule is C=CC(=O)NCc1ccc(S(=O)(=O)Nc2ccc(C)cc2)cc1. The van der Waals surface area contributed by atoms with Crippen molar-refractivity contribution in [3.05, 3.63) is 72.3 Å². The lowest BCUT2D eigenvalue weighted by Crippen LogP contribution is -2.20. The second kappa shape index (κ2) is 7.11. The first-order valence-corrected chi connectivity index (χ1v) is 8.48. The number of carbonyl (C=O) groups is 1. The standard InChI is InChI=1S/C17H18N2O3S/c1-3-17(20)18-12-14-6-10-16(11-7-14)23(21,22)19-15-8-4-13(2)5-9-15/h3-11,19H,1,12H2,2H3,(H,18,20). The van der Waals surface area contributed by atoms with E-state index >= 15 is 0 Å². The summed E-state index contributed by atoms with van der Waals surface area (Å²) in [6, 6.07) is 13.4. The van der Waals surface area contributed by atoms with Crippen LogP contribution < -0.4 is 10.0 Å². The molecule has 0 atom stereocenters. The highest BCUT2D eigenvalue weighted by molar-refractivity contribution is 7.92. The van der Waals surface area contributed by atoms with Crippen LogP contribution >= 0.6 is 0 Å². The van der Waals surface area contributed by atoms with Crippen LogP contribution in [0.3, 0.4) is 0 Å². The zero-order valence-electron chi connectivity index (χ0n) is 12.7. The smallest absolute Gasteiger partial charge is 0.261 e. The molecule has 0 radical (unpaired) electrons.